The van der Waals surface area contributed by atoms with Gasteiger partial charge in [-0.1, -0.05) is 0 Å². The third kappa shape index (κ3) is 5.75. The number of hydrazone groups is 1. The smallest absolute Gasteiger partial charge is 0.341 e. The van der Waals surface area contributed by atoms with Gasteiger partial charge in [-0.3, -0.25) is 4.79 Å². The van der Waals surface area contributed by atoms with E-state index in [0.717, 1.165) is 5.39 Å². The van der Waals surface area contributed by atoms with Crippen LogP contribution in [0.2, 0.25) is 0 Å². The van der Waals surface area contributed by atoms with E-state index in [-0.39, 0.29) is 5.76 Å². The molecule has 162 valence electrons. The average molecular weight is 426 g/mol. The van der Waals surface area contributed by atoms with E-state index in [0.29, 0.717) is 41.6 Å². The van der Waals surface area contributed by atoms with E-state index in [9.17, 15) is 9.59 Å². The lowest BCUT2D eigenvalue weighted by molar-refractivity contribution is -0.139. The van der Waals surface area contributed by atoms with Gasteiger partial charge in [0.1, 0.15) is 11.3 Å². The number of nitrogens with one attached hydrogen (secondary N) is 1. The first-order valence-electron chi connectivity index (χ1n) is 9.61. The Morgan fingerprint density at radius 3 is 2.58 bits per heavy atom. The van der Waals surface area contributed by atoms with Gasteiger partial charge in [-0.15, -0.1) is 0 Å². The van der Waals surface area contributed by atoms with Crippen molar-refractivity contribution in [2.75, 3.05) is 19.8 Å². The molecule has 3 rings (SSSR count). The fourth-order valence-electron chi connectivity index (χ4n) is 2.74. The van der Waals surface area contributed by atoms with E-state index < -0.39 is 18.5 Å². The first kappa shape index (κ1) is 21.7. The molecule has 0 aliphatic carbocycles. The van der Waals surface area contributed by atoms with Crippen molar-refractivity contribution in [1.29, 1.82) is 0 Å². The number of carbonyl (C=O) groups excluding carboxylic acids is 1. The fraction of sp³-hybridized carbons (Fsp3) is 0.227. The van der Waals surface area contributed by atoms with Crippen LogP contribution in [0, 0.1) is 0 Å². The fourth-order valence-corrected chi connectivity index (χ4v) is 2.74. The molecule has 0 aliphatic rings. The van der Waals surface area contributed by atoms with Crippen LogP contribution in [-0.2, 0) is 4.79 Å². The number of nitrogens with zero attached hydrogens (tertiary/aromatic N) is 1. The Labute approximate surface area is 178 Å². The van der Waals surface area contributed by atoms with Crippen molar-refractivity contribution in [3.63, 3.8) is 0 Å². The first-order chi connectivity index (χ1) is 15.0. The summed E-state index contributed by atoms with van der Waals surface area (Å²) in [5.74, 6) is -0.0946. The second kappa shape index (κ2) is 10.1. The summed E-state index contributed by atoms with van der Waals surface area (Å²) < 4.78 is 21.7. The summed E-state index contributed by atoms with van der Waals surface area (Å²) in [6.45, 7) is 4.13. The average Bonchev–Trinajstić information content (AvgIpc) is 3.17. The van der Waals surface area contributed by atoms with Crippen LogP contribution >= 0.6 is 0 Å². The minimum atomic E-state index is -1.09. The molecule has 0 saturated heterocycles. The number of amides is 1. The minimum absolute atomic E-state index is 0.119. The number of hydrogen-bond acceptors (Lipinski definition) is 7. The number of carbonyl (C=O) groups is 2. The number of carboxylic acids is 1. The number of aliphatic carboxylic acids is 1. The maximum atomic E-state index is 12.3. The summed E-state index contributed by atoms with van der Waals surface area (Å²) in [6.07, 6.45) is 1.43. The topological polar surface area (TPSA) is 120 Å². The molecule has 0 saturated carbocycles. The second-order valence-corrected chi connectivity index (χ2v) is 6.26. The molecule has 0 radical (unpaired) electrons. The Balaban J connectivity index is 1.67. The van der Waals surface area contributed by atoms with Crippen molar-refractivity contribution in [3.05, 3.63) is 53.8 Å². The molecule has 1 amide bonds. The maximum Gasteiger partial charge on any atom is 0.341 e. The zero-order chi connectivity index (χ0) is 22.2. The van der Waals surface area contributed by atoms with Crippen LogP contribution in [0.15, 0.2) is 52.0 Å². The summed E-state index contributed by atoms with van der Waals surface area (Å²) in [6, 6.07) is 11.8. The van der Waals surface area contributed by atoms with E-state index in [2.05, 4.69) is 10.5 Å². The Hall–Kier alpha value is -4.01. The van der Waals surface area contributed by atoms with E-state index >= 15 is 0 Å². The van der Waals surface area contributed by atoms with Gasteiger partial charge in [0.05, 0.1) is 19.4 Å². The van der Waals surface area contributed by atoms with Crippen molar-refractivity contribution in [2.24, 2.45) is 5.10 Å². The van der Waals surface area contributed by atoms with Crippen LogP contribution in [0.1, 0.15) is 30.0 Å². The van der Waals surface area contributed by atoms with Gasteiger partial charge in [-0.25, -0.2) is 10.2 Å². The first-order valence-corrected chi connectivity index (χ1v) is 9.61. The highest BCUT2D eigenvalue weighted by molar-refractivity contribution is 5.96. The third-order valence-electron chi connectivity index (χ3n) is 4.02. The van der Waals surface area contributed by atoms with Gasteiger partial charge in [0, 0.05) is 5.39 Å². The molecular weight excluding hydrogens is 404 g/mol. The number of rotatable bonds is 10. The number of ether oxygens (including phenoxy) is 3. The summed E-state index contributed by atoms with van der Waals surface area (Å²) in [4.78, 5) is 23.0. The molecule has 1 aromatic heterocycles. The number of furan rings is 1. The van der Waals surface area contributed by atoms with Crippen LogP contribution in [0.3, 0.4) is 0 Å². The Bertz CT molecular complexity index is 1100. The van der Waals surface area contributed by atoms with Crippen molar-refractivity contribution in [2.45, 2.75) is 13.8 Å². The lowest BCUT2D eigenvalue weighted by atomic mass is 10.2. The number of benzene rings is 2. The van der Waals surface area contributed by atoms with Gasteiger partial charge in [-0.2, -0.15) is 5.10 Å². The van der Waals surface area contributed by atoms with E-state index in [1.54, 1.807) is 49.4 Å². The molecule has 2 N–H and O–H groups in total. The molecule has 0 fully saturated rings. The quantitative estimate of drug-likeness (QED) is 0.376. The monoisotopic (exact) mass is 426 g/mol. The van der Waals surface area contributed by atoms with Crippen molar-refractivity contribution in [3.8, 4) is 17.2 Å². The molecule has 1 heterocycles. The molecule has 0 atom stereocenters. The number of carboxylic acid groups (broad SMARTS) is 1. The highest BCUT2D eigenvalue weighted by atomic mass is 16.5. The van der Waals surface area contributed by atoms with Gasteiger partial charge < -0.3 is 23.7 Å². The van der Waals surface area contributed by atoms with Crippen LogP contribution in [0.4, 0.5) is 0 Å². The van der Waals surface area contributed by atoms with Crippen LogP contribution in [-0.4, -0.2) is 43.0 Å². The van der Waals surface area contributed by atoms with Gasteiger partial charge >= 0.3 is 11.9 Å². The SMILES string of the molecule is CCOc1ccc2oc(C(=O)N/N=C/c3ccc(OCC(=O)O)c(OCC)c3)cc2c1. The normalized spacial score (nSPS) is 10.9. The Morgan fingerprint density at radius 2 is 1.84 bits per heavy atom. The summed E-state index contributed by atoms with van der Waals surface area (Å²) in [5, 5.41) is 13.4. The Kier molecular flexibility index (Phi) is 7.10. The molecule has 9 heteroatoms. The van der Waals surface area contributed by atoms with Crippen molar-refractivity contribution in [1.82, 2.24) is 5.43 Å². The van der Waals surface area contributed by atoms with Crippen molar-refractivity contribution < 1.29 is 33.3 Å². The van der Waals surface area contributed by atoms with Gasteiger partial charge in [-0.05, 0) is 61.9 Å². The largest absolute Gasteiger partial charge is 0.494 e. The van der Waals surface area contributed by atoms with E-state index in [4.69, 9.17) is 23.7 Å². The lowest BCUT2D eigenvalue weighted by Gasteiger charge is -2.11. The van der Waals surface area contributed by atoms with Crippen LogP contribution in [0.25, 0.3) is 11.0 Å². The zero-order valence-corrected chi connectivity index (χ0v) is 17.1. The van der Waals surface area contributed by atoms with Gasteiger partial charge in [0.2, 0.25) is 0 Å². The van der Waals surface area contributed by atoms with E-state index in [1.807, 2.05) is 6.92 Å². The van der Waals surface area contributed by atoms with Gasteiger partial charge in [0.25, 0.3) is 0 Å². The summed E-state index contributed by atoms with van der Waals surface area (Å²) >= 11 is 0. The molecule has 0 bridgehead atoms. The van der Waals surface area contributed by atoms with Crippen molar-refractivity contribution >= 4 is 29.1 Å². The van der Waals surface area contributed by atoms with Crippen LogP contribution < -0.4 is 19.6 Å². The second-order valence-electron chi connectivity index (χ2n) is 6.26. The van der Waals surface area contributed by atoms with Crippen LogP contribution in [0.5, 0.6) is 17.2 Å². The highest BCUT2D eigenvalue weighted by Gasteiger charge is 2.12. The highest BCUT2D eigenvalue weighted by Crippen LogP contribution is 2.28. The predicted octanol–water partition coefficient (Wildman–Crippen LogP) is 3.46. The molecule has 0 unspecified atom stereocenters. The Morgan fingerprint density at radius 1 is 1.03 bits per heavy atom. The third-order valence-corrected chi connectivity index (χ3v) is 4.02. The molecule has 0 spiro atoms. The molecule has 3 aromatic rings. The standard InChI is InChI=1S/C22H22N2O7/c1-3-28-16-6-8-17-15(10-16)11-20(31-17)22(27)24-23-12-14-5-7-18(30-13-21(25)26)19(9-14)29-4-2/h5-12H,3-4,13H2,1-2H3,(H,24,27)(H,25,26)/b23-12+. The lowest BCUT2D eigenvalue weighted by Crippen LogP contribution is -2.16. The minimum Gasteiger partial charge on any atom is -0.494 e. The molecule has 9 nitrogen and oxygen atoms in total. The maximum absolute atomic E-state index is 12.3. The predicted molar refractivity (Wildman–Crippen MR) is 113 cm³/mol. The molecule has 0 aliphatic heterocycles. The zero-order valence-electron chi connectivity index (χ0n) is 17.1. The molecular formula is C22H22N2O7. The summed E-state index contributed by atoms with van der Waals surface area (Å²) in [7, 11) is 0. The number of hydrogen-bond donors (Lipinski definition) is 2. The molecule has 2 aromatic carbocycles. The van der Waals surface area contributed by atoms with E-state index in [1.165, 1.54) is 6.21 Å². The number of fused-ring (bicyclic) bond motifs is 1. The molecule has 31 heavy (non-hydrogen) atoms. The van der Waals surface area contributed by atoms with Gasteiger partial charge in [0.15, 0.2) is 23.9 Å². The summed E-state index contributed by atoms with van der Waals surface area (Å²) in [5.41, 5.74) is 3.60.